The van der Waals surface area contributed by atoms with Crippen LogP contribution in [0.25, 0.3) is 0 Å². The number of nitrogens with zero attached hydrogens (tertiary/aromatic N) is 2. The molecule has 116 valence electrons. The lowest BCUT2D eigenvalue weighted by molar-refractivity contribution is -0.141. The van der Waals surface area contributed by atoms with Crippen LogP contribution < -0.4 is 10.3 Å². The predicted octanol–water partition coefficient (Wildman–Crippen LogP) is 1.36. The molecular weight excluding hydrogens is 272 g/mol. The average molecular weight is 294 g/mol. The summed E-state index contributed by atoms with van der Waals surface area (Å²) in [5.74, 6) is -0.787. The third-order valence-electron chi connectivity index (χ3n) is 3.81. The third kappa shape index (κ3) is 3.85. The van der Waals surface area contributed by atoms with Gasteiger partial charge < -0.3 is 9.84 Å². The second kappa shape index (κ2) is 7.26. The van der Waals surface area contributed by atoms with Crippen molar-refractivity contribution in [2.45, 2.75) is 32.2 Å². The first kappa shape index (κ1) is 15.6. The topological polar surface area (TPSA) is 71.8 Å². The Kier molecular flexibility index (Phi) is 5.38. The number of hydrogen-bond acceptors (Lipinski definition) is 4. The zero-order valence-corrected chi connectivity index (χ0v) is 12.3. The molecule has 1 atom stereocenters. The van der Waals surface area contributed by atoms with Crippen molar-refractivity contribution in [1.29, 1.82) is 0 Å². The minimum Gasteiger partial charge on any atom is -0.487 e. The Morgan fingerprint density at radius 1 is 1.43 bits per heavy atom. The summed E-state index contributed by atoms with van der Waals surface area (Å²) in [5.41, 5.74) is -0.381. The van der Waals surface area contributed by atoms with E-state index < -0.39 is 12.0 Å². The van der Waals surface area contributed by atoms with E-state index >= 15 is 0 Å². The van der Waals surface area contributed by atoms with Gasteiger partial charge in [0.05, 0.1) is 0 Å². The second-order valence-electron chi connectivity index (χ2n) is 5.24. The van der Waals surface area contributed by atoms with Crippen LogP contribution in [0.2, 0.25) is 0 Å². The van der Waals surface area contributed by atoms with Gasteiger partial charge in [0.25, 0.3) is 5.56 Å². The summed E-state index contributed by atoms with van der Waals surface area (Å²) in [5, 5.41) is 9.15. The van der Waals surface area contributed by atoms with E-state index in [2.05, 4.69) is 4.90 Å². The van der Waals surface area contributed by atoms with Crippen molar-refractivity contribution in [3.8, 4) is 5.75 Å². The van der Waals surface area contributed by atoms with Gasteiger partial charge in [-0.3, -0.25) is 14.3 Å². The van der Waals surface area contributed by atoms with Crippen LogP contribution in [0.1, 0.15) is 32.2 Å². The van der Waals surface area contributed by atoms with Gasteiger partial charge in [-0.05, 0) is 44.5 Å². The molecule has 0 saturated carbocycles. The summed E-state index contributed by atoms with van der Waals surface area (Å²) in [7, 11) is 0. The Balaban J connectivity index is 2.03. The largest absolute Gasteiger partial charge is 0.487 e. The van der Waals surface area contributed by atoms with E-state index in [1.807, 2.05) is 0 Å². The summed E-state index contributed by atoms with van der Waals surface area (Å²) in [6, 6.07) is 2.40. The molecule has 0 aromatic carbocycles. The lowest BCUT2D eigenvalue weighted by atomic mass is 10.2. The van der Waals surface area contributed by atoms with Gasteiger partial charge >= 0.3 is 5.97 Å². The Bertz CT molecular complexity index is 535. The minimum atomic E-state index is -1.01. The number of aliphatic carboxylic acids is 1. The van der Waals surface area contributed by atoms with E-state index in [0.29, 0.717) is 13.0 Å². The molecule has 1 unspecified atom stereocenters. The lowest BCUT2D eigenvalue weighted by Crippen LogP contribution is -2.31. The third-order valence-corrected chi connectivity index (χ3v) is 3.81. The fourth-order valence-electron chi connectivity index (χ4n) is 2.63. The van der Waals surface area contributed by atoms with Gasteiger partial charge in [-0.2, -0.15) is 0 Å². The molecule has 6 heteroatoms. The Morgan fingerprint density at radius 3 is 2.76 bits per heavy atom. The van der Waals surface area contributed by atoms with Crippen molar-refractivity contribution in [2.24, 2.45) is 0 Å². The van der Waals surface area contributed by atoms with Crippen LogP contribution in [0.5, 0.6) is 5.75 Å². The van der Waals surface area contributed by atoms with Crippen LogP contribution >= 0.6 is 0 Å². The molecule has 0 amide bonds. The standard InChI is InChI=1S/C15H22N2O4/c1-2-12(15(19)20)17-9-5-6-13(14(17)18)21-11-10-16-7-3-4-8-16/h5-6,9,12H,2-4,7-8,10-11H2,1H3,(H,19,20). The number of ether oxygens (including phenoxy) is 1. The molecule has 1 aromatic rings. The van der Waals surface area contributed by atoms with Crippen LogP contribution in [0, 0.1) is 0 Å². The highest BCUT2D eigenvalue weighted by molar-refractivity contribution is 5.71. The highest BCUT2D eigenvalue weighted by atomic mass is 16.5. The van der Waals surface area contributed by atoms with Crippen LogP contribution in [0.3, 0.4) is 0 Å². The van der Waals surface area contributed by atoms with Crippen molar-refractivity contribution < 1.29 is 14.6 Å². The second-order valence-corrected chi connectivity index (χ2v) is 5.24. The van der Waals surface area contributed by atoms with Crippen LogP contribution in [0.4, 0.5) is 0 Å². The maximum Gasteiger partial charge on any atom is 0.326 e. The Hall–Kier alpha value is -1.82. The van der Waals surface area contributed by atoms with Crippen molar-refractivity contribution in [2.75, 3.05) is 26.2 Å². The zero-order valence-electron chi connectivity index (χ0n) is 12.3. The first-order valence-corrected chi connectivity index (χ1v) is 7.42. The molecule has 0 aliphatic carbocycles. The van der Waals surface area contributed by atoms with E-state index in [1.54, 1.807) is 19.1 Å². The van der Waals surface area contributed by atoms with Gasteiger partial charge in [0, 0.05) is 12.7 Å². The molecule has 1 fully saturated rings. The van der Waals surface area contributed by atoms with Gasteiger partial charge in [-0.15, -0.1) is 0 Å². The first-order chi connectivity index (χ1) is 10.1. The average Bonchev–Trinajstić information content (AvgIpc) is 2.96. The van der Waals surface area contributed by atoms with Crippen LogP contribution in [0.15, 0.2) is 23.1 Å². The molecule has 2 heterocycles. The van der Waals surface area contributed by atoms with E-state index in [1.165, 1.54) is 23.6 Å². The fourth-order valence-corrected chi connectivity index (χ4v) is 2.63. The van der Waals surface area contributed by atoms with Gasteiger partial charge in [0.2, 0.25) is 0 Å². The van der Waals surface area contributed by atoms with E-state index in [0.717, 1.165) is 19.6 Å². The Morgan fingerprint density at radius 2 is 2.14 bits per heavy atom. The summed E-state index contributed by atoms with van der Waals surface area (Å²) in [4.78, 5) is 25.7. The molecule has 1 N–H and O–H groups in total. The number of hydrogen-bond donors (Lipinski definition) is 1. The van der Waals surface area contributed by atoms with Crippen LogP contribution in [-0.4, -0.2) is 46.8 Å². The maximum absolute atomic E-state index is 12.3. The van der Waals surface area contributed by atoms with Crippen molar-refractivity contribution in [1.82, 2.24) is 9.47 Å². The quantitative estimate of drug-likeness (QED) is 0.822. The molecular formula is C15H22N2O4. The van der Waals surface area contributed by atoms with Gasteiger partial charge in [0.1, 0.15) is 12.6 Å². The smallest absolute Gasteiger partial charge is 0.326 e. The first-order valence-electron chi connectivity index (χ1n) is 7.42. The maximum atomic E-state index is 12.3. The molecule has 6 nitrogen and oxygen atoms in total. The number of aromatic nitrogens is 1. The number of pyridine rings is 1. The summed E-state index contributed by atoms with van der Waals surface area (Å²) in [6.45, 7) is 5.15. The highest BCUT2D eigenvalue weighted by Gasteiger charge is 2.19. The molecule has 1 aromatic heterocycles. The molecule has 0 radical (unpaired) electrons. The molecule has 0 spiro atoms. The van der Waals surface area contributed by atoms with Crippen LogP contribution in [-0.2, 0) is 4.79 Å². The number of rotatable bonds is 7. The number of carbonyl (C=O) groups is 1. The highest BCUT2D eigenvalue weighted by Crippen LogP contribution is 2.12. The molecule has 2 rings (SSSR count). The number of carboxylic acids is 1. The van der Waals surface area contributed by atoms with Gasteiger partial charge in [-0.1, -0.05) is 6.92 Å². The van der Waals surface area contributed by atoms with Gasteiger partial charge in [-0.25, -0.2) is 4.79 Å². The minimum absolute atomic E-state index is 0.219. The van der Waals surface area contributed by atoms with E-state index in [9.17, 15) is 9.59 Å². The van der Waals surface area contributed by atoms with E-state index in [4.69, 9.17) is 9.84 Å². The van der Waals surface area contributed by atoms with Crippen molar-refractivity contribution in [3.63, 3.8) is 0 Å². The molecule has 1 saturated heterocycles. The normalized spacial score (nSPS) is 16.8. The molecule has 21 heavy (non-hydrogen) atoms. The lowest BCUT2D eigenvalue weighted by Gasteiger charge is -2.17. The zero-order chi connectivity index (χ0) is 15.2. The number of carboxylic acid groups (broad SMARTS) is 1. The van der Waals surface area contributed by atoms with Crippen molar-refractivity contribution >= 4 is 5.97 Å². The fraction of sp³-hybridized carbons (Fsp3) is 0.600. The summed E-state index contributed by atoms with van der Waals surface area (Å²) >= 11 is 0. The summed E-state index contributed by atoms with van der Waals surface area (Å²) in [6.07, 6.45) is 4.29. The van der Waals surface area contributed by atoms with Crippen molar-refractivity contribution in [3.05, 3.63) is 28.7 Å². The molecule has 1 aliphatic rings. The SMILES string of the molecule is CCC(C(=O)O)n1cccc(OCCN2CCCC2)c1=O. The molecule has 1 aliphatic heterocycles. The number of likely N-dealkylation sites (tertiary alicyclic amines) is 1. The Labute approximate surface area is 123 Å². The monoisotopic (exact) mass is 294 g/mol. The van der Waals surface area contributed by atoms with E-state index in [-0.39, 0.29) is 11.3 Å². The van der Waals surface area contributed by atoms with Gasteiger partial charge in [0.15, 0.2) is 5.75 Å². The predicted molar refractivity (Wildman–Crippen MR) is 78.8 cm³/mol. The summed E-state index contributed by atoms with van der Waals surface area (Å²) < 4.78 is 6.78. The molecule has 0 bridgehead atoms.